The lowest BCUT2D eigenvalue weighted by Gasteiger charge is -2.48. The normalized spacial score (nSPS) is 21.5. The number of carbonyl (C=O) groups is 3. The second kappa shape index (κ2) is 14.6. The fourth-order valence-corrected chi connectivity index (χ4v) is 6.89. The van der Waals surface area contributed by atoms with Crippen LogP contribution in [-0.4, -0.2) is 64.6 Å². The van der Waals surface area contributed by atoms with E-state index in [4.69, 9.17) is 33.0 Å². The average molecular weight is 640 g/mol. The van der Waals surface area contributed by atoms with E-state index in [0.29, 0.717) is 52.7 Å². The molecule has 1 aliphatic carbocycles. The minimum atomic E-state index is -0.678. The quantitative estimate of drug-likeness (QED) is 0.264. The van der Waals surface area contributed by atoms with E-state index in [1.165, 1.54) is 0 Å². The first-order valence-electron chi connectivity index (χ1n) is 14.9. The summed E-state index contributed by atoms with van der Waals surface area (Å²) in [6.45, 7) is -0.423. The van der Waals surface area contributed by atoms with Gasteiger partial charge in [-0.1, -0.05) is 72.4 Å². The number of halogens is 2. The molecule has 3 aromatic rings. The molecular formula is C34H36Cl2N2O6. The van der Waals surface area contributed by atoms with Crippen molar-refractivity contribution in [3.05, 3.63) is 99.0 Å². The summed E-state index contributed by atoms with van der Waals surface area (Å²) >= 11 is 13.0. The van der Waals surface area contributed by atoms with Gasteiger partial charge in [0.05, 0.1) is 18.2 Å². The first-order chi connectivity index (χ1) is 21.3. The van der Waals surface area contributed by atoms with Crippen molar-refractivity contribution in [2.24, 2.45) is 0 Å². The van der Waals surface area contributed by atoms with Crippen LogP contribution in [0.4, 0.5) is 0 Å². The first-order valence-corrected chi connectivity index (χ1v) is 15.7. The van der Waals surface area contributed by atoms with E-state index in [0.717, 1.165) is 24.0 Å². The fraction of sp³-hybridized carbons (Fsp3) is 0.382. The Bertz CT molecular complexity index is 1510. The number of hydrogen-bond donors (Lipinski definition) is 3. The largest absolute Gasteiger partial charge is 0.486 e. The molecule has 3 aromatic carbocycles. The maximum Gasteiger partial charge on any atom is 0.255 e. The van der Waals surface area contributed by atoms with Crippen molar-refractivity contribution in [1.82, 2.24) is 10.2 Å². The highest BCUT2D eigenvalue weighted by Gasteiger charge is 2.46. The zero-order chi connectivity index (χ0) is 31.2. The molecule has 0 aromatic heterocycles. The van der Waals surface area contributed by atoms with Gasteiger partial charge in [0.25, 0.3) is 5.91 Å². The molecule has 0 bridgehead atoms. The highest BCUT2D eigenvalue weighted by atomic mass is 35.5. The lowest BCUT2D eigenvalue weighted by molar-refractivity contribution is -0.124. The molecule has 1 heterocycles. The third-order valence-corrected chi connectivity index (χ3v) is 9.02. The van der Waals surface area contributed by atoms with Gasteiger partial charge in [-0.2, -0.15) is 0 Å². The molecule has 5 rings (SSSR count). The summed E-state index contributed by atoms with van der Waals surface area (Å²) in [5, 5.41) is 23.9. The predicted octanol–water partition coefficient (Wildman–Crippen LogP) is 5.27. The topological polar surface area (TPSA) is 116 Å². The molecule has 232 valence electrons. The van der Waals surface area contributed by atoms with Crippen LogP contribution in [0.15, 0.2) is 66.7 Å². The zero-order valence-electron chi connectivity index (χ0n) is 24.3. The predicted molar refractivity (Wildman–Crippen MR) is 168 cm³/mol. The maximum absolute atomic E-state index is 14.1. The van der Waals surface area contributed by atoms with E-state index < -0.39 is 36.5 Å². The van der Waals surface area contributed by atoms with Crippen LogP contribution in [0.1, 0.15) is 71.1 Å². The van der Waals surface area contributed by atoms with Crippen molar-refractivity contribution in [3.63, 3.8) is 0 Å². The molecule has 44 heavy (non-hydrogen) atoms. The van der Waals surface area contributed by atoms with Crippen LogP contribution in [0.2, 0.25) is 10.0 Å². The van der Waals surface area contributed by atoms with Crippen LogP contribution < -0.4 is 10.1 Å². The summed E-state index contributed by atoms with van der Waals surface area (Å²) in [7, 11) is 0. The van der Waals surface area contributed by atoms with E-state index in [1.807, 2.05) is 30.3 Å². The Morgan fingerprint density at radius 1 is 0.977 bits per heavy atom. The van der Waals surface area contributed by atoms with Crippen LogP contribution in [0, 0.1) is 0 Å². The van der Waals surface area contributed by atoms with E-state index in [-0.39, 0.29) is 24.8 Å². The highest BCUT2D eigenvalue weighted by Crippen LogP contribution is 2.49. The standard InChI is InChI=1S/C34H36Cl2N2O6/c35-22-12-13-27(29(36)17-22)33-28(18-32(42)37-15-14-21-6-5-7-24(16-21)44-20-23(40)19-39)25-8-1-2-9-26(25)34(43)38(33)30-10-3-4-11-31(30)41/h1-2,5-9,12-13,16-17,28,30-31,33,39,41H,3-4,10-11,14-15,18-20H2,(H,37,42)/t28-,30?,31+,33+/m1/s1. The maximum atomic E-state index is 14.1. The van der Waals surface area contributed by atoms with Crippen molar-refractivity contribution >= 4 is 40.8 Å². The van der Waals surface area contributed by atoms with E-state index in [2.05, 4.69) is 5.32 Å². The van der Waals surface area contributed by atoms with Crippen LogP contribution in [-0.2, 0) is 16.0 Å². The number of Topliss-reactive ketones (excluding diaryl/α,β-unsaturated/α-hetero) is 1. The van der Waals surface area contributed by atoms with Crippen molar-refractivity contribution in [2.75, 3.05) is 19.8 Å². The number of nitrogens with zero attached hydrogens (tertiary/aromatic N) is 1. The minimum absolute atomic E-state index is 0.0969. The van der Waals surface area contributed by atoms with Gasteiger partial charge in [-0.15, -0.1) is 0 Å². The Morgan fingerprint density at radius 3 is 2.55 bits per heavy atom. The molecule has 1 fully saturated rings. The molecule has 0 radical (unpaired) electrons. The number of carbonyl (C=O) groups excluding carboxylic acids is 3. The minimum Gasteiger partial charge on any atom is -0.486 e. The summed E-state index contributed by atoms with van der Waals surface area (Å²) in [5.41, 5.74) is 2.90. The molecule has 3 N–H and O–H groups in total. The average Bonchev–Trinajstić information content (AvgIpc) is 3.02. The number of amides is 2. The van der Waals surface area contributed by atoms with Gasteiger partial charge in [0.2, 0.25) is 5.91 Å². The lowest BCUT2D eigenvalue weighted by Crippen LogP contribution is -2.54. The van der Waals surface area contributed by atoms with E-state index >= 15 is 0 Å². The van der Waals surface area contributed by atoms with Gasteiger partial charge in [-0.25, -0.2) is 0 Å². The molecule has 0 saturated heterocycles. The monoisotopic (exact) mass is 638 g/mol. The molecule has 2 amide bonds. The summed E-state index contributed by atoms with van der Waals surface area (Å²) in [4.78, 5) is 40.8. The smallest absolute Gasteiger partial charge is 0.255 e. The van der Waals surface area contributed by atoms with Crippen LogP contribution in [0.3, 0.4) is 0 Å². The van der Waals surface area contributed by atoms with Gasteiger partial charge in [0.1, 0.15) is 19.0 Å². The number of benzene rings is 3. The molecule has 2 aliphatic rings. The summed E-state index contributed by atoms with van der Waals surface area (Å²) in [6, 6.07) is 18.8. The third-order valence-electron chi connectivity index (χ3n) is 8.45. The van der Waals surface area contributed by atoms with Gasteiger partial charge >= 0.3 is 0 Å². The van der Waals surface area contributed by atoms with Gasteiger partial charge in [0, 0.05) is 34.5 Å². The SMILES string of the molecule is O=C(CO)COc1cccc(CCNC(=O)C[C@@H]2c3ccccc3C(=O)N(C3CCCC[C@@H]3O)[C@H]2c2ccc(Cl)cc2Cl)c1. The number of aliphatic hydroxyl groups excluding tert-OH is 2. The van der Waals surface area contributed by atoms with E-state index in [1.54, 1.807) is 41.3 Å². The van der Waals surface area contributed by atoms with Crippen LogP contribution in [0.5, 0.6) is 5.75 Å². The molecule has 4 atom stereocenters. The fourth-order valence-electron chi connectivity index (χ4n) is 6.37. The zero-order valence-corrected chi connectivity index (χ0v) is 25.8. The lowest BCUT2D eigenvalue weighted by atomic mass is 9.75. The van der Waals surface area contributed by atoms with Gasteiger partial charge in [-0.3, -0.25) is 14.4 Å². The molecule has 8 nitrogen and oxygen atoms in total. The summed E-state index contributed by atoms with van der Waals surface area (Å²) in [6.07, 6.45) is 3.00. The van der Waals surface area contributed by atoms with Gasteiger partial charge < -0.3 is 25.2 Å². The van der Waals surface area contributed by atoms with Gasteiger partial charge in [0.15, 0.2) is 5.78 Å². The van der Waals surface area contributed by atoms with Crippen molar-refractivity contribution in [3.8, 4) is 5.75 Å². The van der Waals surface area contributed by atoms with Crippen molar-refractivity contribution < 1.29 is 29.3 Å². The second-order valence-corrected chi connectivity index (χ2v) is 12.2. The Kier molecular flexibility index (Phi) is 10.6. The number of rotatable bonds is 11. The first kappa shape index (κ1) is 32.0. The molecular weight excluding hydrogens is 603 g/mol. The van der Waals surface area contributed by atoms with Crippen molar-refractivity contribution in [1.29, 1.82) is 0 Å². The molecule has 0 spiro atoms. The Labute approximate surface area is 266 Å². The van der Waals surface area contributed by atoms with Crippen LogP contribution >= 0.6 is 23.2 Å². The Balaban J connectivity index is 1.39. The molecule has 1 aliphatic heterocycles. The molecule has 10 heteroatoms. The highest BCUT2D eigenvalue weighted by molar-refractivity contribution is 6.35. The van der Waals surface area contributed by atoms with Crippen LogP contribution in [0.25, 0.3) is 0 Å². The Morgan fingerprint density at radius 2 is 1.77 bits per heavy atom. The van der Waals surface area contributed by atoms with Gasteiger partial charge in [-0.05, 0) is 66.3 Å². The number of nitrogens with one attached hydrogen (secondary N) is 1. The number of hydrogen-bond acceptors (Lipinski definition) is 6. The van der Waals surface area contributed by atoms with E-state index in [9.17, 15) is 19.5 Å². The number of aliphatic hydroxyl groups is 2. The number of ketones is 1. The number of fused-ring (bicyclic) bond motifs is 1. The second-order valence-electron chi connectivity index (χ2n) is 11.4. The number of ether oxygens (including phenoxy) is 1. The Hall–Kier alpha value is -3.43. The molecule has 1 saturated carbocycles. The van der Waals surface area contributed by atoms with Crippen molar-refractivity contribution in [2.45, 2.75) is 62.6 Å². The summed E-state index contributed by atoms with van der Waals surface area (Å²) in [5.74, 6) is -0.686. The molecule has 1 unspecified atom stereocenters. The summed E-state index contributed by atoms with van der Waals surface area (Å²) < 4.78 is 5.44. The third kappa shape index (κ3) is 7.26.